The van der Waals surface area contributed by atoms with Gasteiger partial charge in [-0.25, -0.2) is 0 Å². The predicted molar refractivity (Wildman–Crippen MR) is 78.1 cm³/mol. The van der Waals surface area contributed by atoms with Gasteiger partial charge in [0.15, 0.2) is 0 Å². The molecule has 2 unspecified atom stereocenters. The number of hydrogen-bond donors (Lipinski definition) is 0. The highest BCUT2D eigenvalue weighted by molar-refractivity contribution is 5.87. The molecule has 0 amide bonds. The number of nitrogens with zero attached hydrogens (tertiary/aromatic N) is 2. The lowest BCUT2D eigenvalue weighted by Gasteiger charge is -2.18. The van der Waals surface area contributed by atoms with Crippen molar-refractivity contribution >= 4 is 11.7 Å². The van der Waals surface area contributed by atoms with E-state index in [1.54, 1.807) is 19.1 Å². The Labute approximate surface area is 123 Å². The Balaban J connectivity index is 2.29. The van der Waals surface area contributed by atoms with Crippen molar-refractivity contribution in [2.45, 2.75) is 18.8 Å². The molecule has 0 N–H and O–H groups in total. The Morgan fingerprint density at radius 3 is 2.52 bits per heavy atom. The van der Waals surface area contributed by atoms with Gasteiger partial charge in [-0.05, 0) is 38.9 Å². The van der Waals surface area contributed by atoms with Crippen LogP contribution in [0.5, 0.6) is 0 Å². The monoisotopic (exact) mass is 292 g/mol. The van der Waals surface area contributed by atoms with Crippen LogP contribution in [-0.4, -0.2) is 43.0 Å². The minimum atomic E-state index is -0.643. The molecule has 1 aliphatic carbocycles. The Hall–Kier alpha value is -1.95. The highest BCUT2D eigenvalue weighted by Crippen LogP contribution is 2.55. The molecule has 21 heavy (non-hydrogen) atoms. The largest absolute Gasteiger partial charge is 0.465 e. The highest BCUT2D eigenvalue weighted by Gasteiger charge is 2.62. The predicted octanol–water partition coefficient (Wildman–Crippen LogP) is 1.98. The van der Waals surface area contributed by atoms with Crippen molar-refractivity contribution in [1.82, 2.24) is 4.90 Å². The Morgan fingerprint density at radius 1 is 1.43 bits per heavy atom. The summed E-state index contributed by atoms with van der Waals surface area (Å²) in [6.45, 7) is 2.91. The van der Waals surface area contributed by atoms with Crippen molar-refractivity contribution in [3.05, 3.63) is 39.9 Å². The Kier molecular flexibility index (Phi) is 4.27. The zero-order chi connectivity index (χ0) is 15.6. The first-order valence-corrected chi connectivity index (χ1v) is 6.98. The maximum Gasteiger partial charge on any atom is 0.316 e. The van der Waals surface area contributed by atoms with E-state index < -0.39 is 10.3 Å². The number of ether oxygens (including phenoxy) is 1. The summed E-state index contributed by atoms with van der Waals surface area (Å²) in [5, 5.41) is 10.7. The van der Waals surface area contributed by atoms with Gasteiger partial charge in [-0.3, -0.25) is 14.9 Å². The minimum absolute atomic E-state index is 0.0302. The molecule has 0 heterocycles. The fourth-order valence-electron chi connectivity index (χ4n) is 2.85. The van der Waals surface area contributed by atoms with Gasteiger partial charge in [0.2, 0.25) is 0 Å². The summed E-state index contributed by atoms with van der Waals surface area (Å²) in [5.74, 6) is -0.0429. The number of rotatable bonds is 6. The number of nitro benzene ring substituents is 1. The minimum Gasteiger partial charge on any atom is -0.465 e. The third kappa shape index (κ3) is 2.90. The van der Waals surface area contributed by atoms with Gasteiger partial charge in [-0.2, -0.15) is 0 Å². The van der Waals surface area contributed by atoms with Gasteiger partial charge in [0.25, 0.3) is 5.69 Å². The number of benzene rings is 1. The second kappa shape index (κ2) is 5.81. The van der Waals surface area contributed by atoms with E-state index in [1.807, 2.05) is 19.0 Å². The van der Waals surface area contributed by atoms with E-state index >= 15 is 0 Å². The van der Waals surface area contributed by atoms with Crippen molar-refractivity contribution in [3.63, 3.8) is 0 Å². The second-order valence-electron chi connectivity index (χ2n) is 5.66. The molecule has 0 radical (unpaired) electrons. The molecule has 1 aromatic carbocycles. The molecule has 0 saturated heterocycles. The fourth-order valence-corrected chi connectivity index (χ4v) is 2.85. The van der Waals surface area contributed by atoms with E-state index in [9.17, 15) is 14.9 Å². The van der Waals surface area contributed by atoms with Crippen LogP contribution in [0.1, 0.15) is 18.9 Å². The van der Waals surface area contributed by atoms with Gasteiger partial charge in [0.05, 0.1) is 16.9 Å². The molecule has 1 fully saturated rings. The van der Waals surface area contributed by atoms with Gasteiger partial charge < -0.3 is 9.64 Å². The first-order valence-electron chi connectivity index (χ1n) is 6.98. The zero-order valence-corrected chi connectivity index (χ0v) is 12.5. The van der Waals surface area contributed by atoms with Crippen molar-refractivity contribution in [3.8, 4) is 0 Å². The SMILES string of the molecule is CCOC(=O)C1(c2ccc([N+](=O)[O-])cc2)CC1CN(C)C. The number of non-ortho nitro benzene ring substituents is 1. The van der Waals surface area contributed by atoms with Gasteiger partial charge in [-0.1, -0.05) is 12.1 Å². The molecule has 2 rings (SSSR count). The Bertz CT molecular complexity index is 541. The summed E-state index contributed by atoms with van der Waals surface area (Å²) in [6, 6.07) is 6.23. The van der Waals surface area contributed by atoms with Crippen LogP contribution in [0.4, 0.5) is 5.69 Å². The maximum absolute atomic E-state index is 12.4. The lowest BCUT2D eigenvalue weighted by Crippen LogP contribution is -2.29. The molecular weight excluding hydrogens is 272 g/mol. The van der Waals surface area contributed by atoms with Crippen LogP contribution in [0.15, 0.2) is 24.3 Å². The summed E-state index contributed by atoms with van der Waals surface area (Å²) in [4.78, 5) is 24.7. The first kappa shape index (κ1) is 15.4. The molecule has 2 atom stereocenters. The van der Waals surface area contributed by atoms with E-state index in [1.165, 1.54) is 12.1 Å². The first-order chi connectivity index (χ1) is 9.91. The van der Waals surface area contributed by atoms with E-state index in [-0.39, 0.29) is 17.6 Å². The number of esters is 1. The second-order valence-corrected chi connectivity index (χ2v) is 5.66. The number of hydrogen-bond acceptors (Lipinski definition) is 5. The lowest BCUT2D eigenvalue weighted by molar-refractivity contribution is -0.384. The van der Waals surface area contributed by atoms with E-state index in [2.05, 4.69) is 0 Å². The van der Waals surface area contributed by atoms with Crippen LogP contribution in [0.25, 0.3) is 0 Å². The molecular formula is C15H20N2O4. The van der Waals surface area contributed by atoms with Crippen LogP contribution in [0, 0.1) is 16.0 Å². The van der Waals surface area contributed by atoms with Crippen molar-refractivity contribution in [1.29, 1.82) is 0 Å². The van der Waals surface area contributed by atoms with Gasteiger partial charge >= 0.3 is 5.97 Å². The molecule has 114 valence electrons. The quantitative estimate of drug-likeness (QED) is 0.455. The van der Waals surface area contributed by atoms with Crippen LogP contribution < -0.4 is 0 Å². The number of carbonyl (C=O) groups excluding carboxylic acids is 1. The zero-order valence-electron chi connectivity index (χ0n) is 12.5. The summed E-state index contributed by atoms with van der Waals surface area (Å²) in [7, 11) is 3.92. The average molecular weight is 292 g/mol. The molecule has 0 spiro atoms. The molecule has 6 heteroatoms. The maximum atomic E-state index is 12.4. The lowest BCUT2D eigenvalue weighted by atomic mass is 9.93. The third-order valence-corrected chi connectivity index (χ3v) is 3.92. The van der Waals surface area contributed by atoms with Crippen LogP contribution in [0.3, 0.4) is 0 Å². The molecule has 0 aliphatic heterocycles. The van der Waals surface area contributed by atoms with Crippen molar-refractivity contribution < 1.29 is 14.5 Å². The highest BCUT2D eigenvalue weighted by atomic mass is 16.6. The van der Waals surface area contributed by atoms with Gasteiger partial charge in [-0.15, -0.1) is 0 Å². The Morgan fingerprint density at radius 2 is 2.05 bits per heavy atom. The fraction of sp³-hybridized carbons (Fsp3) is 0.533. The van der Waals surface area contributed by atoms with E-state index in [4.69, 9.17) is 4.74 Å². The molecule has 1 aliphatic rings. The molecule has 0 bridgehead atoms. The molecule has 1 saturated carbocycles. The number of carbonyl (C=O) groups is 1. The normalized spacial score (nSPS) is 23.9. The number of nitro groups is 1. The van der Waals surface area contributed by atoms with Gasteiger partial charge in [0.1, 0.15) is 0 Å². The van der Waals surface area contributed by atoms with E-state index in [0.29, 0.717) is 6.61 Å². The smallest absolute Gasteiger partial charge is 0.316 e. The molecule has 1 aromatic rings. The summed E-state index contributed by atoms with van der Waals surface area (Å²) in [6.07, 6.45) is 0.724. The van der Waals surface area contributed by atoms with Crippen LogP contribution in [-0.2, 0) is 14.9 Å². The topological polar surface area (TPSA) is 72.7 Å². The molecule has 6 nitrogen and oxygen atoms in total. The standard InChI is InChI=1S/C15H20N2O4/c1-4-21-14(18)15(9-12(15)10-16(2)3)11-5-7-13(8-6-11)17(19)20/h5-8,12H,4,9-10H2,1-3H3. The summed E-state index contributed by atoms with van der Waals surface area (Å²) < 4.78 is 5.22. The van der Waals surface area contributed by atoms with Gasteiger partial charge in [0, 0.05) is 18.7 Å². The van der Waals surface area contributed by atoms with Crippen molar-refractivity contribution in [2.75, 3.05) is 27.2 Å². The van der Waals surface area contributed by atoms with Crippen LogP contribution in [0.2, 0.25) is 0 Å². The average Bonchev–Trinajstić information content (AvgIpc) is 3.13. The third-order valence-electron chi connectivity index (χ3n) is 3.92. The van der Waals surface area contributed by atoms with Crippen molar-refractivity contribution in [2.24, 2.45) is 5.92 Å². The van der Waals surface area contributed by atoms with Crippen LogP contribution >= 0.6 is 0 Å². The summed E-state index contributed by atoms with van der Waals surface area (Å²) in [5.41, 5.74) is 0.191. The summed E-state index contributed by atoms with van der Waals surface area (Å²) >= 11 is 0. The van der Waals surface area contributed by atoms with E-state index in [0.717, 1.165) is 18.5 Å². The molecule has 0 aromatic heterocycles.